The molecule has 3 rings (SSSR count). The molecule has 0 spiro atoms. The fourth-order valence-corrected chi connectivity index (χ4v) is 2.85. The first-order valence-electron chi connectivity index (χ1n) is 10.2. The van der Waals surface area contributed by atoms with Crippen LogP contribution in [-0.4, -0.2) is 21.8 Å². The molecule has 2 N–H and O–H groups in total. The number of nitrogens with zero attached hydrogens (tertiary/aromatic N) is 6. The summed E-state index contributed by atoms with van der Waals surface area (Å²) in [5.41, 5.74) is 0.359. The Hall–Kier alpha value is -5.74. The van der Waals surface area contributed by atoms with Gasteiger partial charge in [0.1, 0.15) is 36.0 Å². The Morgan fingerprint density at radius 3 is 1.33 bits per heavy atom. The molecular weight excluding hydrogens is 460 g/mol. The third-order valence-electron chi connectivity index (χ3n) is 4.70. The topological polar surface area (TPSA) is 172 Å². The number of aliphatic hydroxyl groups is 2. The Bertz CT molecular complexity index is 1390. The van der Waals surface area contributed by atoms with Crippen LogP contribution >= 0.6 is 0 Å². The number of ketones is 2. The normalized spacial score (nSPS) is 11.8. The van der Waals surface area contributed by atoms with E-state index < -0.39 is 11.6 Å². The summed E-state index contributed by atoms with van der Waals surface area (Å²) in [6.45, 7) is 0. The van der Waals surface area contributed by atoms with Gasteiger partial charge in [-0.15, -0.1) is 20.5 Å². The molecule has 0 heterocycles. The second-order valence-electron chi connectivity index (χ2n) is 6.92. The Morgan fingerprint density at radius 1 is 0.639 bits per heavy atom. The van der Waals surface area contributed by atoms with Crippen molar-refractivity contribution in [2.24, 2.45) is 20.5 Å². The molecule has 0 aliphatic rings. The van der Waals surface area contributed by atoms with Gasteiger partial charge < -0.3 is 10.2 Å². The first-order valence-corrected chi connectivity index (χ1v) is 10.2. The number of nitriles is 2. The SMILES string of the molecule is N#Cc1ccccc1N=NC(=CO)C(=O)c1ccc(C(=O)C(=CO)N=Nc2ccccc2C#N)cc1. The Labute approximate surface area is 205 Å². The van der Waals surface area contributed by atoms with Crippen LogP contribution in [0.25, 0.3) is 0 Å². The minimum Gasteiger partial charge on any atom is -0.513 e. The van der Waals surface area contributed by atoms with Crippen molar-refractivity contribution in [2.75, 3.05) is 0 Å². The number of azo groups is 2. The molecule has 0 atom stereocenters. The van der Waals surface area contributed by atoms with E-state index in [4.69, 9.17) is 10.5 Å². The maximum Gasteiger partial charge on any atom is 0.216 e. The van der Waals surface area contributed by atoms with E-state index in [1.54, 1.807) is 24.3 Å². The Morgan fingerprint density at radius 2 is 1.00 bits per heavy atom. The maximum atomic E-state index is 12.7. The number of carbonyl (C=O) groups excluding carboxylic acids is 2. The lowest BCUT2D eigenvalue weighted by Gasteiger charge is -2.03. The van der Waals surface area contributed by atoms with E-state index in [1.807, 2.05) is 12.1 Å². The van der Waals surface area contributed by atoms with E-state index in [0.29, 0.717) is 12.5 Å². The number of benzene rings is 3. The highest BCUT2D eigenvalue weighted by Crippen LogP contribution is 2.22. The molecule has 0 radical (unpaired) electrons. The van der Waals surface area contributed by atoms with Crippen LogP contribution in [0.2, 0.25) is 0 Å². The van der Waals surface area contributed by atoms with Crippen LogP contribution < -0.4 is 0 Å². The third-order valence-corrected chi connectivity index (χ3v) is 4.70. The number of rotatable bonds is 8. The Balaban J connectivity index is 1.77. The smallest absolute Gasteiger partial charge is 0.216 e. The van der Waals surface area contributed by atoms with Gasteiger partial charge in [-0.25, -0.2) is 0 Å². The van der Waals surface area contributed by atoms with Gasteiger partial charge in [0.25, 0.3) is 0 Å². The number of hydrogen-bond donors (Lipinski definition) is 2. The zero-order valence-corrected chi connectivity index (χ0v) is 18.5. The summed E-state index contributed by atoms with van der Waals surface area (Å²) in [7, 11) is 0. The zero-order chi connectivity index (χ0) is 25.9. The first kappa shape index (κ1) is 24.9. The molecule has 0 saturated carbocycles. The standard InChI is InChI=1S/C26H16N6O4/c27-13-19-5-1-3-7-21(19)29-31-23(15-33)25(35)17-9-11-18(12-10-17)26(36)24(16-34)32-30-22-8-4-2-6-20(22)14-28/h1-12,15-16,33-34H. The average molecular weight is 476 g/mol. The number of carbonyl (C=O) groups is 2. The minimum atomic E-state index is -0.680. The third kappa shape index (κ3) is 5.78. The molecule has 0 unspecified atom stereocenters. The summed E-state index contributed by atoms with van der Waals surface area (Å²) in [4.78, 5) is 25.4. The van der Waals surface area contributed by atoms with Gasteiger partial charge in [0.2, 0.25) is 11.6 Å². The van der Waals surface area contributed by atoms with Crippen molar-refractivity contribution >= 4 is 22.9 Å². The van der Waals surface area contributed by atoms with Crippen LogP contribution in [0.5, 0.6) is 0 Å². The highest BCUT2D eigenvalue weighted by atomic mass is 16.2. The monoisotopic (exact) mass is 476 g/mol. The predicted octanol–water partition coefficient (Wildman–Crippen LogP) is 6.16. The highest BCUT2D eigenvalue weighted by Gasteiger charge is 2.16. The fourth-order valence-electron chi connectivity index (χ4n) is 2.85. The van der Waals surface area contributed by atoms with Crippen molar-refractivity contribution in [1.82, 2.24) is 0 Å². The van der Waals surface area contributed by atoms with E-state index in [1.165, 1.54) is 48.5 Å². The molecule has 10 heteroatoms. The van der Waals surface area contributed by atoms with Gasteiger partial charge >= 0.3 is 0 Å². The quantitative estimate of drug-likeness (QED) is 0.170. The average Bonchev–Trinajstić information content (AvgIpc) is 2.93. The number of Topliss-reactive ketones (excluding diaryl/α,β-unsaturated/α-hetero) is 2. The molecule has 3 aromatic rings. The summed E-state index contributed by atoms with van der Waals surface area (Å²) in [6.07, 6.45) is 0.984. The summed E-state index contributed by atoms with van der Waals surface area (Å²) >= 11 is 0. The summed E-state index contributed by atoms with van der Waals surface area (Å²) in [5, 5.41) is 52.4. The van der Waals surface area contributed by atoms with Crippen LogP contribution in [0.15, 0.2) is 117 Å². The van der Waals surface area contributed by atoms with Gasteiger partial charge in [-0.2, -0.15) is 10.5 Å². The van der Waals surface area contributed by atoms with Gasteiger partial charge in [-0.1, -0.05) is 48.5 Å². The van der Waals surface area contributed by atoms with Gasteiger partial charge in [-0.3, -0.25) is 9.59 Å². The van der Waals surface area contributed by atoms with Crippen LogP contribution in [0.3, 0.4) is 0 Å². The van der Waals surface area contributed by atoms with Crippen molar-refractivity contribution in [3.05, 3.63) is 119 Å². The van der Waals surface area contributed by atoms with Crippen molar-refractivity contribution in [1.29, 1.82) is 10.5 Å². The van der Waals surface area contributed by atoms with Crippen LogP contribution in [0, 0.1) is 22.7 Å². The zero-order valence-electron chi connectivity index (χ0n) is 18.5. The Kier molecular flexibility index (Phi) is 8.25. The largest absolute Gasteiger partial charge is 0.513 e. The van der Waals surface area contributed by atoms with E-state index in [-0.39, 0.29) is 45.0 Å². The summed E-state index contributed by atoms with van der Waals surface area (Å²) < 4.78 is 0. The molecule has 36 heavy (non-hydrogen) atoms. The number of aliphatic hydroxyl groups excluding tert-OH is 2. The maximum absolute atomic E-state index is 12.7. The lowest BCUT2D eigenvalue weighted by atomic mass is 10.0. The lowest BCUT2D eigenvalue weighted by molar-refractivity contribution is 0.101. The van der Waals surface area contributed by atoms with Crippen molar-refractivity contribution < 1.29 is 19.8 Å². The van der Waals surface area contributed by atoms with Gasteiger partial charge in [0, 0.05) is 11.1 Å². The van der Waals surface area contributed by atoms with Crippen molar-refractivity contribution in [3.8, 4) is 12.1 Å². The van der Waals surface area contributed by atoms with Crippen LogP contribution in [-0.2, 0) is 0 Å². The molecule has 0 aromatic heterocycles. The van der Waals surface area contributed by atoms with E-state index in [2.05, 4.69) is 20.5 Å². The van der Waals surface area contributed by atoms with Gasteiger partial charge in [0.15, 0.2) is 11.4 Å². The number of hydrogen-bond acceptors (Lipinski definition) is 10. The number of allylic oxidation sites excluding steroid dienone is 2. The molecule has 0 aliphatic heterocycles. The molecule has 0 amide bonds. The first-order chi connectivity index (χ1) is 17.5. The lowest BCUT2D eigenvalue weighted by Crippen LogP contribution is -2.05. The summed E-state index contributed by atoms with van der Waals surface area (Å²) in [5.74, 6) is -1.36. The van der Waals surface area contributed by atoms with Crippen molar-refractivity contribution in [3.63, 3.8) is 0 Å². The minimum absolute atomic E-state index is 0.0958. The van der Waals surface area contributed by atoms with Gasteiger partial charge in [0.05, 0.1) is 11.1 Å². The second-order valence-corrected chi connectivity index (χ2v) is 6.92. The van der Waals surface area contributed by atoms with E-state index >= 15 is 0 Å². The van der Waals surface area contributed by atoms with E-state index in [0.717, 1.165) is 0 Å². The molecule has 0 bridgehead atoms. The van der Waals surface area contributed by atoms with E-state index in [9.17, 15) is 19.8 Å². The van der Waals surface area contributed by atoms with Gasteiger partial charge in [-0.05, 0) is 24.3 Å². The fraction of sp³-hybridized carbons (Fsp3) is 0. The van der Waals surface area contributed by atoms with Crippen LogP contribution in [0.1, 0.15) is 31.8 Å². The molecule has 3 aromatic carbocycles. The van der Waals surface area contributed by atoms with Crippen molar-refractivity contribution in [2.45, 2.75) is 0 Å². The highest BCUT2D eigenvalue weighted by molar-refractivity contribution is 6.11. The second kappa shape index (κ2) is 11.9. The molecule has 10 nitrogen and oxygen atoms in total. The molecule has 0 saturated heterocycles. The molecular formula is C26H16N6O4. The predicted molar refractivity (Wildman–Crippen MR) is 128 cm³/mol. The van der Waals surface area contributed by atoms with Crippen LogP contribution in [0.4, 0.5) is 11.4 Å². The summed E-state index contributed by atoms with van der Waals surface area (Å²) in [6, 6.07) is 21.9. The molecule has 0 fully saturated rings. The molecule has 174 valence electrons. The molecule has 0 aliphatic carbocycles.